The van der Waals surface area contributed by atoms with Gasteiger partial charge in [0.1, 0.15) is 0 Å². The molecule has 5 heteroatoms. The number of alkyl halides is 1. The van der Waals surface area contributed by atoms with Gasteiger partial charge in [0.25, 0.3) is 5.56 Å². The molecule has 0 aliphatic carbocycles. The average Bonchev–Trinajstić information content (AvgIpc) is 2.29. The molecule has 0 radical (unpaired) electrons. The molecule has 0 saturated carbocycles. The van der Waals surface area contributed by atoms with Crippen molar-refractivity contribution >= 4 is 17.4 Å². The maximum atomic E-state index is 12.1. The quantitative estimate of drug-likeness (QED) is 0.838. The summed E-state index contributed by atoms with van der Waals surface area (Å²) in [5.41, 5.74) is -0.0561. The molecule has 0 aliphatic heterocycles. The van der Waals surface area contributed by atoms with Crippen LogP contribution in [0.25, 0.3) is 0 Å². The Hall–Kier alpha value is -1.03. The first-order valence-electron chi connectivity index (χ1n) is 6.28. The fraction of sp³-hybridized carbons (Fsp3) is 0.692. The van der Waals surface area contributed by atoms with Gasteiger partial charge < -0.3 is 9.88 Å². The van der Waals surface area contributed by atoms with Crippen LogP contribution >= 0.6 is 11.6 Å². The summed E-state index contributed by atoms with van der Waals surface area (Å²) in [5.74, 6) is 0.966. The van der Waals surface area contributed by atoms with Gasteiger partial charge in [-0.3, -0.25) is 4.79 Å². The van der Waals surface area contributed by atoms with Gasteiger partial charge in [0.15, 0.2) is 5.82 Å². The van der Waals surface area contributed by atoms with Crippen molar-refractivity contribution in [3.63, 3.8) is 0 Å². The van der Waals surface area contributed by atoms with E-state index in [-0.39, 0.29) is 17.0 Å². The number of nitrogens with zero attached hydrogens (tertiary/aromatic N) is 2. The summed E-state index contributed by atoms with van der Waals surface area (Å²) in [7, 11) is 0. The lowest BCUT2D eigenvalue weighted by molar-refractivity contribution is 0.333. The van der Waals surface area contributed by atoms with Crippen LogP contribution in [0.5, 0.6) is 0 Å². The summed E-state index contributed by atoms with van der Waals surface area (Å²) in [6.45, 7) is 8.95. The number of halogens is 1. The third kappa shape index (κ3) is 3.73. The summed E-state index contributed by atoms with van der Waals surface area (Å²) in [6, 6.07) is 0.128. The molecule has 1 rings (SSSR count). The van der Waals surface area contributed by atoms with Crippen LogP contribution in [-0.2, 0) is 6.54 Å². The van der Waals surface area contributed by atoms with Crippen molar-refractivity contribution in [2.75, 3.05) is 11.2 Å². The minimum atomic E-state index is -0.0798. The zero-order chi connectivity index (χ0) is 13.8. The van der Waals surface area contributed by atoms with Crippen molar-refractivity contribution in [2.24, 2.45) is 5.41 Å². The van der Waals surface area contributed by atoms with E-state index in [4.69, 9.17) is 11.6 Å². The van der Waals surface area contributed by atoms with E-state index in [9.17, 15) is 4.79 Å². The fourth-order valence-electron chi connectivity index (χ4n) is 1.79. The third-order valence-corrected chi connectivity index (χ3v) is 3.23. The number of aromatic nitrogens is 2. The molecule has 102 valence electrons. The standard InChI is InChI=1S/C13H22ClN3O/c1-5-17-9-8-15-11(12(17)18)16-10(6-7-14)13(2,3)4/h8-10H,5-7H2,1-4H3,(H,15,16). The number of nitrogens with one attached hydrogen (secondary N) is 1. The molecule has 0 amide bonds. The highest BCUT2D eigenvalue weighted by atomic mass is 35.5. The van der Waals surface area contributed by atoms with Gasteiger partial charge in [0, 0.05) is 30.9 Å². The van der Waals surface area contributed by atoms with Crippen LogP contribution in [0.4, 0.5) is 5.82 Å². The van der Waals surface area contributed by atoms with Crippen molar-refractivity contribution in [3.8, 4) is 0 Å². The molecule has 0 aromatic carbocycles. The van der Waals surface area contributed by atoms with E-state index >= 15 is 0 Å². The lowest BCUT2D eigenvalue weighted by Crippen LogP contribution is -2.37. The van der Waals surface area contributed by atoms with Crippen LogP contribution in [0.15, 0.2) is 17.2 Å². The van der Waals surface area contributed by atoms with Gasteiger partial charge in [-0.15, -0.1) is 11.6 Å². The lowest BCUT2D eigenvalue weighted by Gasteiger charge is -2.31. The zero-order valence-electron chi connectivity index (χ0n) is 11.5. The van der Waals surface area contributed by atoms with Crippen molar-refractivity contribution in [3.05, 3.63) is 22.7 Å². The molecule has 1 aromatic rings. The highest BCUT2D eigenvalue weighted by Crippen LogP contribution is 2.24. The first kappa shape index (κ1) is 15.0. The van der Waals surface area contributed by atoms with Gasteiger partial charge in [-0.2, -0.15) is 0 Å². The van der Waals surface area contributed by atoms with Crippen molar-refractivity contribution in [1.29, 1.82) is 0 Å². The van der Waals surface area contributed by atoms with Gasteiger partial charge in [0.2, 0.25) is 0 Å². The third-order valence-electron chi connectivity index (χ3n) is 3.01. The molecule has 4 nitrogen and oxygen atoms in total. The molecule has 0 aliphatic rings. The minimum Gasteiger partial charge on any atom is -0.362 e. The molecule has 0 bridgehead atoms. The van der Waals surface area contributed by atoms with Crippen LogP contribution in [0.3, 0.4) is 0 Å². The van der Waals surface area contributed by atoms with Gasteiger partial charge in [-0.25, -0.2) is 4.98 Å². The number of rotatable bonds is 5. The Morgan fingerprint density at radius 3 is 2.67 bits per heavy atom. The highest BCUT2D eigenvalue weighted by Gasteiger charge is 2.25. The normalized spacial score (nSPS) is 13.4. The predicted molar refractivity (Wildman–Crippen MR) is 76.4 cm³/mol. The number of aryl methyl sites for hydroxylation is 1. The van der Waals surface area contributed by atoms with Crippen LogP contribution < -0.4 is 10.9 Å². The Balaban J connectivity index is 2.98. The van der Waals surface area contributed by atoms with Crippen molar-refractivity contribution in [2.45, 2.75) is 46.7 Å². The number of hydrogen-bond acceptors (Lipinski definition) is 3. The fourth-order valence-corrected chi connectivity index (χ4v) is 2.01. The smallest absolute Gasteiger partial charge is 0.293 e. The predicted octanol–water partition coefficient (Wildman–Crippen LogP) is 2.72. The monoisotopic (exact) mass is 271 g/mol. The molecule has 0 spiro atoms. The topological polar surface area (TPSA) is 46.9 Å². The number of anilines is 1. The number of hydrogen-bond donors (Lipinski definition) is 1. The second-order valence-electron chi connectivity index (χ2n) is 5.41. The molecule has 1 aromatic heterocycles. The second-order valence-corrected chi connectivity index (χ2v) is 5.79. The van der Waals surface area contributed by atoms with Gasteiger partial charge in [-0.1, -0.05) is 20.8 Å². The van der Waals surface area contributed by atoms with Gasteiger partial charge >= 0.3 is 0 Å². The highest BCUT2D eigenvalue weighted by molar-refractivity contribution is 6.17. The summed E-state index contributed by atoms with van der Waals surface area (Å²) in [6.07, 6.45) is 4.14. The first-order valence-corrected chi connectivity index (χ1v) is 6.81. The summed E-state index contributed by atoms with van der Waals surface area (Å²) in [5, 5.41) is 3.23. The van der Waals surface area contributed by atoms with E-state index in [1.54, 1.807) is 17.0 Å². The van der Waals surface area contributed by atoms with E-state index in [0.29, 0.717) is 18.2 Å². The SMILES string of the molecule is CCn1ccnc(NC(CCCl)C(C)(C)C)c1=O. The molecule has 1 N–H and O–H groups in total. The molecule has 0 fully saturated rings. The first-order chi connectivity index (χ1) is 8.40. The van der Waals surface area contributed by atoms with E-state index in [1.807, 2.05) is 6.92 Å². The van der Waals surface area contributed by atoms with Crippen LogP contribution in [0.1, 0.15) is 34.1 Å². The maximum Gasteiger partial charge on any atom is 0.293 e. The molecule has 1 unspecified atom stereocenters. The van der Waals surface area contributed by atoms with E-state index in [2.05, 4.69) is 31.1 Å². The summed E-state index contributed by atoms with van der Waals surface area (Å²) in [4.78, 5) is 16.2. The Labute approximate surface area is 113 Å². The van der Waals surface area contributed by atoms with E-state index < -0.39 is 0 Å². The van der Waals surface area contributed by atoms with E-state index in [0.717, 1.165) is 6.42 Å². The van der Waals surface area contributed by atoms with Gasteiger partial charge in [-0.05, 0) is 18.8 Å². The Morgan fingerprint density at radius 1 is 1.50 bits per heavy atom. The minimum absolute atomic E-state index is 0.0237. The zero-order valence-corrected chi connectivity index (χ0v) is 12.3. The Kier molecular flexibility index (Phi) is 5.20. The maximum absolute atomic E-state index is 12.1. The summed E-state index contributed by atoms with van der Waals surface area (Å²) >= 11 is 5.82. The van der Waals surface area contributed by atoms with Crippen LogP contribution in [-0.4, -0.2) is 21.5 Å². The van der Waals surface area contributed by atoms with Gasteiger partial charge in [0.05, 0.1) is 0 Å². The van der Waals surface area contributed by atoms with Crippen molar-refractivity contribution in [1.82, 2.24) is 9.55 Å². The molecular formula is C13H22ClN3O. The van der Waals surface area contributed by atoms with E-state index in [1.165, 1.54) is 0 Å². The molecule has 1 heterocycles. The molecule has 18 heavy (non-hydrogen) atoms. The Bertz CT molecular complexity index is 437. The van der Waals surface area contributed by atoms with Crippen LogP contribution in [0.2, 0.25) is 0 Å². The Morgan fingerprint density at radius 2 is 2.17 bits per heavy atom. The van der Waals surface area contributed by atoms with Crippen LogP contribution in [0, 0.1) is 5.41 Å². The summed E-state index contributed by atoms with van der Waals surface area (Å²) < 4.78 is 1.63. The lowest BCUT2D eigenvalue weighted by atomic mass is 9.85. The average molecular weight is 272 g/mol. The van der Waals surface area contributed by atoms with Crippen molar-refractivity contribution < 1.29 is 0 Å². The largest absolute Gasteiger partial charge is 0.362 e. The molecule has 1 atom stereocenters. The molecule has 0 saturated heterocycles. The second kappa shape index (κ2) is 6.23. The molecular weight excluding hydrogens is 250 g/mol.